The number of imidazole rings is 1. The van der Waals surface area contributed by atoms with Crippen molar-refractivity contribution in [1.29, 1.82) is 0 Å². The lowest BCUT2D eigenvalue weighted by atomic mass is 10.1. The van der Waals surface area contributed by atoms with Gasteiger partial charge in [0.2, 0.25) is 0 Å². The highest BCUT2D eigenvalue weighted by Gasteiger charge is 2.25. The highest BCUT2D eigenvalue weighted by atomic mass is 16.3. The lowest BCUT2D eigenvalue weighted by Crippen LogP contribution is -2.38. The maximum Gasteiger partial charge on any atom is 0.271 e. The Labute approximate surface area is 148 Å². The first-order valence-electron chi connectivity index (χ1n) is 8.34. The summed E-state index contributed by atoms with van der Waals surface area (Å²) in [6, 6.07) is 7.07. The van der Waals surface area contributed by atoms with Crippen LogP contribution in [0.1, 0.15) is 26.5 Å². The minimum atomic E-state index is -0.330. The molecule has 2 amide bonds. The van der Waals surface area contributed by atoms with Gasteiger partial charge in [-0.1, -0.05) is 0 Å². The van der Waals surface area contributed by atoms with Gasteiger partial charge in [-0.05, 0) is 24.3 Å². The number of nitrogens with zero attached hydrogens (tertiary/aromatic N) is 4. The SMILES string of the molecule is O=C(NCCO)c1cc2n(n1)CCN(C(=O)c1ccc3nc[nH]c3c1)C2. The van der Waals surface area contributed by atoms with Gasteiger partial charge in [0, 0.05) is 18.7 Å². The molecule has 0 fully saturated rings. The Morgan fingerprint density at radius 2 is 2.15 bits per heavy atom. The second kappa shape index (κ2) is 6.60. The molecule has 0 bridgehead atoms. The molecule has 26 heavy (non-hydrogen) atoms. The van der Waals surface area contributed by atoms with Crippen molar-refractivity contribution >= 4 is 22.8 Å². The molecule has 134 valence electrons. The third-order valence-electron chi connectivity index (χ3n) is 4.38. The monoisotopic (exact) mass is 354 g/mol. The van der Waals surface area contributed by atoms with Crippen molar-refractivity contribution in [3.63, 3.8) is 0 Å². The number of aromatic amines is 1. The molecule has 0 unspecified atom stereocenters. The van der Waals surface area contributed by atoms with E-state index in [1.165, 1.54) is 0 Å². The minimum absolute atomic E-state index is 0.0692. The summed E-state index contributed by atoms with van der Waals surface area (Å²) in [7, 11) is 0. The molecular formula is C17H18N6O3. The quantitative estimate of drug-likeness (QED) is 0.616. The van der Waals surface area contributed by atoms with E-state index < -0.39 is 0 Å². The molecule has 0 aliphatic carbocycles. The van der Waals surface area contributed by atoms with E-state index in [-0.39, 0.29) is 25.0 Å². The van der Waals surface area contributed by atoms with Gasteiger partial charge in [0.05, 0.1) is 42.8 Å². The van der Waals surface area contributed by atoms with Crippen molar-refractivity contribution in [2.75, 3.05) is 19.7 Å². The van der Waals surface area contributed by atoms with E-state index >= 15 is 0 Å². The van der Waals surface area contributed by atoms with Gasteiger partial charge >= 0.3 is 0 Å². The standard InChI is InChI=1S/C17H18N6O3/c24-6-3-18-16(25)15-8-12-9-22(4-5-23(12)21-15)17(26)11-1-2-13-14(7-11)20-10-19-13/h1-2,7-8,10,24H,3-6,9H2,(H,18,25)(H,19,20). The number of fused-ring (bicyclic) bond motifs is 2. The number of aliphatic hydroxyl groups excluding tert-OH is 1. The first kappa shape index (κ1) is 16.3. The summed E-state index contributed by atoms with van der Waals surface area (Å²) in [6.07, 6.45) is 1.60. The van der Waals surface area contributed by atoms with E-state index in [2.05, 4.69) is 20.4 Å². The Balaban J connectivity index is 1.51. The summed E-state index contributed by atoms with van der Waals surface area (Å²) in [4.78, 5) is 33.7. The number of rotatable bonds is 4. The van der Waals surface area contributed by atoms with E-state index in [1.807, 2.05) is 6.07 Å². The lowest BCUT2D eigenvalue weighted by Gasteiger charge is -2.27. The average molecular weight is 354 g/mol. The molecule has 0 spiro atoms. The van der Waals surface area contributed by atoms with Crippen LogP contribution in [0.25, 0.3) is 11.0 Å². The van der Waals surface area contributed by atoms with Crippen molar-refractivity contribution in [3.8, 4) is 0 Å². The predicted molar refractivity (Wildman–Crippen MR) is 92.5 cm³/mol. The first-order chi connectivity index (χ1) is 12.7. The largest absolute Gasteiger partial charge is 0.395 e. The molecule has 1 aromatic carbocycles. The van der Waals surface area contributed by atoms with Crippen molar-refractivity contribution in [2.45, 2.75) is 13.1 Å². The van der Waals surface area contributed by atoms with E-state index in [1.54, 1.807) is 34.1 Å². The van der Waals surface area contributed by atoms with Crippen LogP contribution in [0.3, 0.4) is 0 Å². The molecule has 0 radical (unpaired) electrons. The van der Waals surface area contributed by atoms with Gasteiger partial charge in [0.25, 0.3) is 11.8 Å². The van der Waals surface area contributed by atoms with Crippen LogP contribution in [0, 0.1) is 0 Å². The molecule has 3 aromatic rings. The molecule has 3 N–H and O–H groups in total. The Morgan fingerprint density at radius 3 is 3.00 bits per heavy atom. The normalized spacial score (nSPS) is 13.7. The van der Waals surface area contributed by atoms with Crippen LogP contribution >= 0.6 is 0 Å². The summed E-state index contributed by atoms with van der Waals surface area (Å²) < 4.78 is 1.75. The van der Waals surface area contributed by atoms with Crippen LogP contribution in [0.2, 0.25) is 0 Å². The van der Waals surface area contributed by atoms with Gasteiger partial charge in [-0.3, -0.25) is 14.3 Å². The fraction of sp³-hybridized carbons (Fsp3) is 0.294. The number of aliphatic hydroxyl groups is 1. The zero-order chi connectivity index (χ0) is 18.1. The van der Waals surface area contributed by atoms with E-state index in [9.17, 15) is 9.59 Å². The second-order valence-corrected chi connectivity index (χ2v) is 6.08. The molecular weight excluding hydrogens is 336 g/mol. The first-order valence-corrected chi connectivity index (χ1v) is 8.34. The third-order valence-corrected chi connectivity index (χ3v) is 4.38. The maximum absolute atomic E-state index is 12.8. The fourth-order valence-electron chi connectivity index (χ4n) is 3.06. The number of benzene rings is 1. The molecule has 9 heteroatoms. The van der Waals surface area contributed by atoms with E-state index in [0.717, 1.165) is 16.7 Å². The zero-order valence-corrected chi connectivity index (χ0v) is 14.0. The maximum atomic E-state index is 12.8. The zero-order valence-electron chi connectivity index (χ0n) is 14.0. The minimum Gasteiger partial charge on any atom is -0.395 e. The van der Waals surface area contributed by atoms with Crippen molar-refractivity contribution in [3.05, 3.63) is 47.5 Å². The van der Waals surface area contributed by atoms with Crippen molar-refractivity contribution < 1.29 is 14.7 Å². The summed E-state index contributed by atoms with van der Waals surface area (Å²) in [6.45, 7) is 1.50. The summed E-state index contributed by atoms with van der Waals surface area (Å²) in [5, 5.41) is 15.6. The molecule has 0 saturated carbocycles. The van der Waals surface area contributed by atoms with Crippen LogP contribution < -0.4 is 5.32 Å². The van der Waals surface area contributed by atoms with Gasteiger partial charge < -0.3 is 20.3 Å². The van der Waals surface area contributed by atoms with Gasteiger partial charge in [0.1, 0.15) is 0 Å². The predicted octanol–water partition coefficient (Wildman–Crippen LogP) is 0.138. The fourth-order valence-corrected chi connectivity index (χ4v) is 3.06. The van der Waals surface area contributed by atoms with Crippen LogP contribution in [0.4, 0.5) is 0 Å². The molecule has 4 rings (SSSR count). The summed E-state index contributed by atoms with van der Waals surface area (Å²) >= 11 is 0. The van der Waals surface area contributed by atoms with Gasteiger partial charge in [-0.25, -0.2) is 4.98 Å². The lowest BCUT2D eigenvalue weighted by molar-refractivity contribution is 0.0705. The summed E-state index contributed by atoms with van der Waals surface area (Å²) in [5.41, 5.74) is 3.33. The Hall–Kier alpha value is -3.20. The van der Waals surface area contributed by atoms with E-state index in [4.69, 9.17) is 5.11 Å². The highest BCUT2D eigenvalue weighted by molar-refractivity contribution is 5.97. The van der Waals surface area contributed by atoms with Gasteiger partial charge in [-0.15, -0.1) is 0 Å². The number of aromatic nitrogens is 4. The van der Waals surface area contributed by atoms with Crippen molar-refractivity contribution in [1.82, 2.24) is 30.0 Å². The van der Waals surface area contributed by atoms with Crippen molar-refractivity contribution in [2.24, 2.45) is 0 Å². The number of amides is 2. The molecule has 1 aliphatic rings. The smallest absolute Gasteiger partial charge is 0.271 e. The van der Waals surface area contributed by atoms with Gasteiger partial charge in [0.15, 0.2) is 5.69 Å². The Bertz CT molecular complexity index is 976. The molecule has 0 saturated heterocycles. The number of H-pyrrole nitrogens is 1. The molecule has 1 aliphatic heterocycles. The average Bonchev–Trinajstić information content (AvgIpc) is 3.30. The summed E-state index contributed by atoms with van der Waals surface area (Å²) in [5.74, 6) is -0.399. The van der Waals surface area contributed by atoms with Crippen LogP contribution in [-0.2, 0) is 13.1 Å². The molecule has 0 atom stereocenters. The topological polar surface area (TPSA) is 116 Å². The highest BCUT2D eigenvalue weighted by Crippen LogP contribution is 2.18. The number of carbonyl (C=O) groups is 2. The Morgan fingerprint density at radius 1 is 1.27 bits per heavy atom. The second-order valence-electron chi connectivity index (χ2n) is 6.08. The molecule has 2 aromatic heterocycles. The molecule has 9 nitrogen and oxygen atoms in total. The van der Waals surface area contributed by atoms with Gasteiger partial charge in [-0.2, -0.15) is 5.10 Å². The number of hydrogen-bond donors (Lipinski definition) is 3. The Kier molecular flexibility index (Phi) is 4.13. The van der Waals surface area contributed by atoms with E-state index in [0.29, 0.717) is 30.9 Å². The van der Waals surface area contributed by atoms with Crippen LogP contribution in [0.5, 0.6) is 0 Å². The number of carbonyl (C=O) groups excluding carboxylic acids is 2. The number of hydrogen-bond acceptors (Lipinski definition) is 5. The third kappa shape index (κ3) is 2.93. The molecule has 3 heterocycles. The van der Waals surface area contributed by atoms with Crippen LogP contribution in [-0.4, -0.2) is 61.3 Å². The van der Waals surface area contributed by atoms with Crippen LogP contribution in [0.15, 0.2) is 30.6 Å². The number of nitrogens with one attached hydrogen (secondary N) is 2.